The van der Waals surface area contributed by atoms with Crippen LogP contribution in [0.2, 0.25) is 0 Å². The summed E-state index contributed by atoms with van der Waals surface area (Å²) in [6.45, 7) is 1.77. The molecule has 0 aliphatic carbocycles. The lowest BCUT2D eigenvalue weighted by Crippen LogP contribution is -2.37. The van der Waals surface area contributed by atoms with Crippen LogP contribution in [0.3, 0.4) is 0 Å². The van der Waals surface area contributed by atoms with Crippen molar-refractivity contribution in [1.82, 2.24) is 5.32 Å². The predicted octanol–water partition coefficient (Wildman–Crippen LogP) is -0.0212. The van der Waals surface area contributed by atoms with Gasteiger partial charge in [0.15, 0.2) is 5.96 Å². The van der Waals surface area contributed by atoms with E-state index in [1.54, 1.807) is 6.07 Å². The number of nitrogens with one attached hydrogen (secondary N) is 1. The molecule has 0 spiro atoms. The molecule has 1 saturated heterocycles. The van der Waals surface area contributed by atoms with Gasteiger partial charge in [-0.2, -0.15) is 0 Å². The molecule has 0 bridgehead atoms. The van der Waals surface area contributed by atoms with Crippen LogP contribution in [-0.2, 0) is 21.3 Å². The van der Waals surface area contributed by atoms with Gasteiger partial charge in [-0.15, -0.1) is 11.3 Å². The Hall–Kier alpha value is -1.16. The molecule has 0 saturated carbocycles. The van der Waals surface area contributed by atoms with Crippen LogP contribution in [-0.4, -0.2) is 33.6 Å². The highest BCUT2D eigenvalue weighted by molar-refractivity contribution is 7.91. The monoisotopic (exact) mass is 318 g/mol. The van der Waals surface area contributed by atoms with Gasteiger partial charge in [0.2, 0.25) is 10.0 Å². The van der Waals surface area contributed by atoms with E-state index in [2.05, 4.69) is 10.3 Å². The van der Waals surface area contributed by atoms with Crippen molar-refractivity contribution in [3.8, 4) is 0 Å². The highest BCUT2D eigenvalue weighted by atomic mass is 32.2. The fraction of sp³-hybridized carbons (Fsp3) is 0.545. The zero-order valence-electron chi connectivity index (χ0n) is 10.9. The summed E-state index contributed by atoms with van der Waals surface area (Å²) < 4.78 is 27.9. The van der Waals surface area contributed by atoms with Gasteiger partial charge >= 0.3 is 0 Å². The minimum atomic E-state index is -3.64. The average molecular weight is 318 g/mol. The second-order valence-electron chi connectivity index (χ2n) is 4.48. The SMILES string of the molecule is NC(=NCc1ccc(S(N)(=O)=O)s1)NCC1CCCO1. The first kappa shape index (κ1) is 15.2. The van der Waals surface area contributed by atoms with Crippen molar-refractivity contribution in [2.45, 2.75) is 29.7 Å². The van der Waals surface area contributed by atoms with Crippen molar-refractivity contribution in [1.29, 1.82) is 0 Å². The quantitative estimate of drug-likeness (QED) is 0.520. The number of thiophene rings is 1. The standard InChI is InChI=1S/C11H18N4O3S2/c12-11(14-6-8-2-1-5-18-8)15-7-9-3-4-10(19-9)20(13,16)17/h3-4,8H,1-2,5-7H2,(H3,12,14,15)(H2,13,16,17). The molecule has 20 heavy (non-hydrogen) atoms. The first-order valence-corrected chi connectivity index (χ1v) is 8.58. The molecule has 1 aliphatic rings. The third kappa shape index (κ3) is 4.44. The molecular weight excluding hydrogens is 300 g/mol. The fourth-order valence-corrected chi connectivity index (χ4v) is 3.54. The Labute approximate surface area is 122 Å². The van der Waals surface area contributed by atoms with Gasteiger partial charge in [-0.05, 0) is 25.0 Å². The number of rotatable bonds is 5. The summed E-state index contributed by atoms with van der Waals surface area (Å²) >= 11 is 1.10. The van der Waals surface area contributed by atoms with Crippen molar-refractivity contribution >= 4 is 27.3 Å². The lowest BCUT2D eigenvalue weighted by atomic mass is 10.2. The summed E-state index contributed by atoms with van der Waals surface area (Å²) in [5, 5.41) is 8.04. The van der Waals surface area contributed by atoms with Gasteiger partial charge in [-0.25, -0.2) is 18.5 Å². The molecule has 2 rings (SSSR count). The highest BCUT2D eigenvalue weighted by Crippen LogP contribution is 2.20. The molecule has 1 fully saturated rings. The fourth-order valence-electron chi connectivity index (χ4n) is 1.84. The number of nitrogens with two attached hydrogens (primary N) is 2. The maximum absolute atomic E-state index is 11.1. The zero-order chi connectivity index (χ0) is 14.6. The van der Waals surface area contributed by atoms with E-state index in [1.807, 2.05) is 0 Å². The molecule has 9 heteroatoms. The molecule has 112 valence electrons. The van der Waals surface area contributed by atoms with E-state index < -0.39 is 10.0 Å². The topological polar surface area (TPSA) is 120 Å². The Morgan fingerprint density at radius 1 is 1.55 bits per heavy atom. The summed E-state index contributed by atoms with van der Waals surface area (Å²) in [4.78, 5) is 4.94. The highest BCUT2D eigenvalue weighted by Gasteiger charge is 2.15. The average Bonchev–Trinajstić information content (AvgIpc) is 3.04. The number of hydrogen-bond acceptors (Lipinski definition) is 5. The normalized spacial score (nSPS) is 20.2. The van der Waals surface area contributed by atoms with Gasteiger partial charge in [0.25, 0.3) is 0 Å². The van der Waals surface area contributed by atoms with E-state index in [0.717, 1.165) is 35.7 Å². The second kappa shape index (κ2) is 6.53. The van der Waals surface area contributed by atoms with Crippen molar-refractivity contribution in [3.05, 3.63) is 17.0 Å². The Balaban J connectivity index is 1.83. The molecule has 1 aromatic rings. The van der Waals surface area contributed by atoms with Crippen molar-refractivity contribution < 1.29 is 13.2 Å². The largest absolute Gasteiger partial charge is 0.376 e. The minimum absolute atomic E-state index is 0.133. The summed E-state index contributed by atoms with van der Waals surface area (Å²) in [6.07, 6.45) is 2.30. The molecule has 1 atom stereocenters. The molecule has 7 nitrogen and oxygen atoms in total. The molecule has 1 aliphatic heterocycles. The number of ether oxygens (including phenoxy) is 1. The van der Waals surface area contributed by atoms with Crippen LogP contribution in [0.4, 0.5) is 0 Å². The summed E-state index contributed by atoms with van der Waals surface area (Å²) in [6, 6.07) is 3.15. The maximum atomic E-state index is 11.1. The van der Waals surface area contributed by atoms with Crippen molar-refractivity contribution in [2.24, 2.45) is 15.9 Å². The number of nitrogens with zero attached hydrogens (tertiary/aromatic N) is 1. The first-order chi connectivity index (χ1) is 9.45. The lowest BCUT2D eigenvalue weighted by Gasteiger charge is -2.10. The summed E-state index contributed by atoms with van der Waals surface area (Å²) in [7, 11) is -3.64. The van der Waals surface area contributed by atoms with E-state index in [-0.39, 0.29) is 10.3 Å². The van der Waals surface area contributed by atoms with Gasteiger partial charge in [-0.3, -0.25) is 0 Å². The lowest BCUT2D eigenvalue weighted by molar-refractivity contribution is 0.114. The van der Waals surface area contributed by atoms with Crippen LogP contribution in [0, 0.1) is 0 Å². The maximum Gasteiger partial charge on any atom is 0.247 e. The third-order valence-electron chi connectivity index (χ3n) is 2.86. The number of hydrogen-bond donors (Lipinski definition) is 3. The second-order valence-corrected chi connectivity index (χ2v) is 7.44. The third-order valence-corrected chi connectivity index (χ3v) is 5.37. The van der Waals surface area contributed by atoms with Gasteiger partial charge in [0.1, 0.15) is 4.21 Å². The smallest absolute Gasteiger partial charge is 0.247 e. The van der Waals surface area contributed by atoms with Gasteiger partial charge in [-0.1, -0.05) is 0 Å². The van der Waals surface area contributed by atoms with Crippen molar-refractivity contribution in [3.63, 3.8) is 0 Å². The minimum Gasteiger partial charge on any atom is -0.376 e. The van der Waals surface area contributed by atoms with Crippen molar-refractivity contribution in [2.75, 3.05) is 13.2 Å². The number of aliphatic imine (C=N–C) groups is 1. The van der Waals surface area contributed by atoms with Gasteiger partial charge in [0, 0.05) is 18.0 Å². The van der Waals surface area contributed by atoms with E-state index >= 15 is 0 Å². The number of guanidine groups is 1. The molecule has 1 unspecified atom stereocenters. The summed E-state index contributed by atoms with van der Waals surface area (Å²) in [5.41, 5.74) is 5.74. The molecule has 2 heterocycles. The zero-order valence-corrected chi connectivity index (χ0v) is 12.5. The van der Waals surface area contributed by atoms with Crippen LogP contribution < -0.4 is 16.2 Å². The molecule has 5 N–H and O–H groups in total. The van der Waals surface area contributed by atoms with Crippen LogP contribution in [0.1, 0.15) is 17.7 Å². The number of sulfonamides is 1. The predicted molar refractivity (Wildman–Crippen MR) is 78.0 cm³/mol. The van der Waals surface area contributed by atoms with E-state index in [4.69, 9.17) is 15.6 Å². The molecule has 0 aromatic carbocycles. The summed E-state index contributed by atoms with van der Waals surface area (Å²) in [5.74, 6) is 0.325. The number of primary sulfonamides is 1. The molecule has 0 radical (unpaired) electrons. The molecular formula is C11H18N4O3S2. The van der Waals surface area contributed by atoms with E-state index in [0.29, 0.717) is 19.0 Å². The first-order valence-electron chi connectivity index (χ1n) is 6.22. The Kier molecular flexibility index (Phi) is 4.97. The molecule has 1 aromatic heterocycles. The molecule has 0 amide bonds. The Morgan fingerprint density at radius 2 is 2.35 bits per heavy atom. The van der Waals surface area contributed by atoms with Gasteiger partial charge < -0.3 is 15.8 Å². The Bertz CT molecular complexity index is 576. The van der Waals surface area contributed by atoms with Crippen LogP contribution >= 0.6 is 11.3 Å². The Morgan fingerprint density at radius 3 is 2.95 bits per heavy atom. The van der Waals surface area contributed by atoms with Crippen LogP contribution in [0.25, 0.3) is 0 Å². The van der Waals surface area contributed by atoms with Crippen LogP contribution in [0.5, 0.6) is 0 Å². The van der Waals surface area contributed by atoms with E-state index in [9.17, 15) is 8.42 Å². The van der Waals surface area contributed by atoms with Crippen LogP contribution in [0.15, 0.2) is 21.3 Å². The van der Waals surface area contributed by atoms with E-state index in [1.165, 1.54) is 6.07 Å². The van der Waals surface area contributed by atoms with Gasteiger partial charge in [0.05, 0.1) is 12.6 Å².